The Kier molecular flexibility index (Phi) is 5.74. The third-order valence-electron chi connectivity index (χ3n) is 5.79. The van der Waals surface area contributed by atoms with Crippen LogP contribution in [0.2, 0.25) is 0 Å². The number of rotatable bonds is 5. The fraction of sp³-hybridized carbons (Fsp3) is 0.409. The molecule has 0 aromatic carbocycles. The first-order valence-electron chi connectivity index (χ1n) is 10.2. The fourth-order valence-electron chi connectivity index (χ4n) is 3.90. The number of hydrogen-bond donors (Lipinski definition) is 0. The highest BCUT2D eigenvalue weighted by molar-refractivity contribution is 5.79. The van der Waals surface area contributed by atoms with Gasteiger partial charge in [0, 0.05) is 49.2 Å². The minimum absolute atomic E-state index is 0.0614. The van der Waals surface area contributed by atoms with Crippen molar-refractivity contribution in [3.63, 3.8) is 0 Å². The second-order valence-corrected chi connectivity index (χ2v) is 7.80. The number of aromatic nitrogens is 4. The Bertz CT molecular complexity index is 1060. The summed E-state index contributed by atoms with van der Waals surface area (Å²) in [5, 5.41) is 3.92. The molecule has 0 aliphatic carbocycles. The quantitative estimate of drug-likeness (QED) is 0.645. The van der Waals surface area contributed by atoms with E-state index in [1.807, 2.05) is 30.9 Å². The van der Waals surface area contributed by atoms with Crippen LogP contribution in [0.4, 0.5) is 0 Å². The molecule has 0 saturated carbocycles. The van der Waals surface area contributed by atoms with E-state index in [0.717, 1.165) is 29.7 Å². The molecule has 3 aromatic heterocycles. The molecule has 4 heterocycles. The van der Waals surface area contributed by atoms with E-state index in [-0.39, 0.29) is 11.5 Å². The third kappa shape index (κ3) is 4.32. The molecule has 0 bridgehead atoms. The van der Waals surface area contributed by atoms with E-state index < -0.39 is 0 Å². The Balaban J connectivity index is 1.34. The topological polar surface area (TPSA) is 94.1 Å². The van der Waals surface area contributed by atoms with Crippen molar-refractivity contribution in [3.8, 4) is 11.3 Å². The Morgan fingerprint density at radius 1 is 1.20 bits per heavy atom. The normalized spacial score (nSPS) is 14.8. The van der Waals surface area contributed by atoms with Gasteiger partial charge in [0.15, 0.2) is 0 Å². The van der Waals surface area contributed by atoms with Gasteiger partial charge >= 0.3 is 0 Å². The van der Waals surface area contributed by atoms with Crippen molar-refractivity contribution >= 4 is 5.91 Å². The highest BCUT2D eigenvalue weighted by atomic mass is 16.5. The van der Waals surface area contributed by atoms with Crippen molar-refractivity contribution in [1.29, 1.82) is 0 Å². The number of carbonyl (C=O) groups excluding carboxylic acids is 1. The molecule has 1 aliphatic heterocycles. The van der Waals surface area contributed by atoms with Crippen molar-refractivity contribution in [3.05, 3.63) is 64.3 Å². The van der Waals surface area contributed by atoms with Gasteiger partial charge in [-0.1, -0.05) is 5.16 Å². The number of hydrogen-bond acceptors (Lipinski definition) is 6. The van der Waals surface area contributed by atoms with Gasteiger partial charge in [0.1, 0.15) is 5.76 Å². The fourth-order valence-corrected chi connectivity index (χ4v) is 3.90. The molecule has 156 valence electrons. The van der Waals surface area contributed by atoms with Crippen molar-refractivity contribution in [2.45, 2.75) is 39.7 Å². The molecular weight excluding hydrogens is 382 g/mol. The van der Waals surface area contributed by atoms with Crippen LogP contribution in [0.5, 0.6) is 0 Å². The zero-order chi connectivity index (χ0) is 21.1. The molecular formula is C22H25N5O3. The minimum atomic E-state index is -0.0614. The van der Waals surface area contributed by atoms with Gasteiger partial charge in [-0.3, -0.25) is 19.1 Å². The summed E-state index contributed by atoms with van der Waals surface area (Å²) in [7, 11) is 0. The summed E-state index contributed by atoms with van der Waals surface area (Å²) < 4.78 is 6.82. The van der Waals surface area contributed by atoms with Gasteiger partial charge in [-0.2, -0.15) is 0 Å². The highest BCUT2D eigenvalue weighted by Crippen LogP contribution is 2.21. The molecule has 8 nitrogen and oxygen atoms in total. The monoisotopic (exact) mass is 407 g/mol. The molecule has 1 amide bonds. The number of nitrogens with zero attached hydrogens (tertiary/aromatic N) is 5. The molecule has 0 unspecified atom stereocenters. The lowest BCUT2D eigenvalue weighted by atomic mass is 9.96. The van der Waals surface area contributed by atoms with Gasteiger partial charge in [-0.05, 0) is 44.7 Å². The average Bonchev–Trinajstić information content (AvgIpc) is 3.08. The largest absolute Gasteiger partial charge is 0.361 e. The lowest BCUT2D eigenvalue weighted by Gasteiger charge is -2.32. The first-order chi connectivity index (χ1) is 14.5. The van der Waals surface area contributed by atoms with Crippen LogP contribution in [0, 0.1) is 19.8 Å². The Morgan fingerprint density at radius 3 is 2.57 bits per heavy atom. The molecule has 1 saturated heterocycles. The summed E-state index contributed by atoms with van der Waals surface area (Å²) in [6, 6.07) is 5.24. The van der Waals surface area contributed by atoms with Crippen LogP contribution in [-0.2, 0) is 17.8 Å². The maximum Gasteiger partial charge on any atom is 0.253 e. The summed E-state index contributed by atoms with van der Waals surface area (Å²) in [6.45, 7) is 5.71. The van der Waals surface area contributed by atoms with Crippen LogP contribution < -0.4 is 5.56 Å². The van der Waals surface area contributed by atoms with Gasteiger partial charge < -0.3 is 9.42 Å². The molecule has 1 aliphatic rings. The third-order valence-corrected chi connectivity index (χ3v) is 5.79. The van der Waals surface area contributed by atoms with Crippen molar-refractivity contribution in [2.75, 3.05) is 13.1 Å². The molecule has 0 spiro atoms. The van der Waals surface area contributed by atoms with Crippen LogP contribution in [-0.4, -0.2) is 43.6 Å². The van der Waals surface area contributed by atoms with Gasteiger partial charge in [0.2, 0.25) is 5.91 Å². The standard InChI is InChI=1S/C22H25N5O3/c1-15-19(16(2)30-25-15)11-21(28)26-9-5-17(6-10-26)13-27-14-24-20(12-22(27)29)18-3-7-23-8-4-18/h3-4,7-8,12,14,17H,5-6,9-11,13H2,1-2H3. The molecule has 4 rings (SSSR count). The Hall–Kier alpha value is -3.29. The average molecular weight is 407 g/mol. The minimum Gasteiger partial charge on any atom is -0.361 e. The maximum absolute atomic E-state index is 12.6. The van der Waals surface area contributed by atoms with E-state index in [1.165, 1.54) is 0 Å². The number of amides is 1. The number of pyridine rings is 1. The van der Waals surface area contributed by atoms with E-state index >= 15 is 0 Å². The van der Waals surface area contributed by atoms with E-state index in [9.17, 15) is 9.59 Å². The first kappa shape index (κ1) is 20.0. The Labute approximate surface area is 174 Å². The van der Waals surface area contributed by atoms with Crippen LogP contribution >= 0.6 is 0 Å². The van der Waals surface area contributed by atoms with Crippen molar-refractivity contribution in [2.24, 2.45) is 5.92 Å². The molecule has 0 atom stereocenters. The molecule has 0 radical (unpaired) electrons. The molecule has 30 heavy (non-hydrogen) atoms. The van der Waals surface area contributed by atoms with Gasteiger partial charge in [0.25, 0.3) is 5.56 Å². The second-order valence-electron chi connectivity index (χ2n) is 7.80. The number of piperidine rings is 1. The van der Waals surface area contributed by atoms with E-state index in [0.29, 0.717) is 43.4 Å². The van der Waals surface area contributed by atoms with Crippen LogP contribution in [0.3, 0.4) is 0 Å². The zero-order valence-electron chi connectivity index (χ0n) is 17.2. The van der Waals surface area contributed by atoms with Crippen molar-refractivity contribution in [1.82, 2.24) is 24.6 Å². The van der Waals surface area contributed by atoms with Gasteiger partial charge in [-0.15, -0.1) is 0 Å². The summed E-state index contributed by atoms with van der Waals surface area (Å²) in [6.07, 6.45) is 7.04. The van der Waals surface area contributed by atoms with Crippen molar-refractivity contribution < 1.29 is 9.32 Å². The smallest absolute Gasteiger partial charge is 0.253 e. The van der Waals surface area contributed by atoms with E-state index in [1.54, 1.807) is 29.4 Å². The second kappa shape index (κ2) is 8.61. The lowest BCUT2D eigenvalue weighted by Crippen LogP contribution is -2.40. The number of likely N-dealkylation sites (tertiary alicyclic amines) is 1. The zero-order valence-corrected chi connectivity index (χ0v) is 17.2. The maximum atomic E-state index is 12.6. The first-order valence-corrected chi connectivity index (χ1v) is 10.2. The van der Waals surface area contributed by atoms with Crippen LogP contribution in [0.25, 0.3) is 11.3 Å². The highest BCUT2D eigenvalue weighted by Gasteiger charge is 2.25. The van der Waals surface area contributed by atoms with Gasteiger partial charge in [0.05, 0.1) is 24.1 Å². The van der Waals surface area contributed by atoms with Gasteiger partial charge in [-0.25, -0.2) is 4.98 Å². The molecule has 3 aromatic rings. The van der Waals surface area contributed by atoms with E-state index in [4.69, 9.17) is 4.52 Å². The molecule has 1 fully saturated rings. The van der Waals surface area contributed by atoms with Crippen LogP contribution in [0.15, 0.2) is 46.2 Å². The number of carbonyl (C=O) groups is 1. The Morgan fingerprint density at radius 2 is 1.93 bits per heavy atom. The van der Waals surface area contributed by atoms with E-state index in [2.05, 4.69) is 15.1 Å². The summed E-state index contributed by atoms with van der Waals surface area (Å²) >= 11 is 0. The predicted molar refractivity (Wildman–Crippen MR) is 111 cm³/mol. The summed E-state index contributed by atoms with van der Waals surface area (Å²) in [5.74, 6) is 1.15. The predicted octanol–water partition coefficient (Wildman–Crippen LogP) is 2.39. The molecule has 8 heteroatoms. The molecule has 0 N–H and O–H groups in total. The van der Waals surface area contributed by atoms with Crippen LogP contribution in [0.1, 0.15) is 29.9 Å². The lowest BCUT2D eigenvalue weighted by molar-refractivity contribution is -0.131. The summed E-state index contributed by atoms with van der Waals surface area (Å²) in [4.78, 5) is 35.5. The summed E-state index contributed by atoms with van der Waals surface area (Å²) in [5.41, 5.74) is 3.12. The number of aryl methyl sites for hydroxylation is 2. The SMILES string of the molecule is Cc1noc(C)c1CC(=O)N1CCC(Cn2cnc(-c3ccncc3)cc2=O)CC1.